The van der Waals surface area contributed by atoms with Crippen LogP contribution in [0.25, 0.3) is 0 Å². The summed E-state index contributed by atoms with van der Waals surface area (Å²) in [5.74, 6) is -1.47. The van der Waals surface area contributed by atoms with E-state index in [2.05, 4.69) is 19.7 Å². The van der Waals surface area contributed by atoms with E-state index in [0.717, 1.165) is 12.0 Å². The molecule has 5 rings (SSSR count). The van der Waals surface area contributed by atoms with Crippen LogP contribution in [-0.2, 0) is 35.0 Å². The fraction of sp³-hybridized carbons (Fsp3) is 0.517. The number of fused-ring (bicyclic) bond motifs is 3. The number of ether oxygens (including phenoxy) is 4. The van der Waals surface area contributed by atoms with Crippen molar-refractivity contribution in [3.8, 4) is 5.75 Å². The monoisotopic (exact) mass is 542 g/mol. The van der Waals surface area contributed by atoms with E-state index in [1.54, 1.807) is 12.1 Å². The highest BCUT2D eigenvalue weighted by atomic mass is 16.7. The second kappa shape index (κ2) is 10.9. The summed E-state index contributed by atoms with van der Waals surface area (Å²) in [4.78, 5) is 24.8. The van der Waals surface area contributed by atoms with Crippen molar-refractivity contribution in [2.24, 2.45) is 17.8 Å². The number of carbonyl (C=O) groups is 2. The SMILES string of the molecule is C=C1C(=O)OC2C1CCC(=C)C1CC(OC3OC(CO)C(OC(=O)Cc4ccc(O)cc4)C(O)C3O)C(=C)C12. The molecule has 4 fully saturated rings. The third kappa shape index (κ3) is 5.15. The van der Waals surface area contributed by atoms with Crippen LogP contribution in [0.4, 0.5) is 0 Å². The van der Waals surface area contributed by atoms with E-state index >= 15 is 0 Å². The predicted molar refractivity (Wildman–Crippen MR) is 136 cm³/mol. The molecular formula is C29H34O10. The molecule has 10 nitrogen and oxygen atoms in total. The fourth-order valence-corrected chi connectivity index (χ4v) is 6.27. The van der Waals surface area contributed by atoms with Crippen molar-refractivity contribution in [2.75, 3.05) is 6.61 Å². The minimum absolute atomic E-state index is 0.0518. The maximum Gasteiger partial charge on any atom is 0.334 e. The lowest BCUT2D eigenvalue weighted by Crippen LogP contribution is -2.61. The van der Waals surface area contributed by atoms with Crippen LogP contribution in [-0.4, -0.2) is 81.9 Å². The largest absolute Gasteiger partial charge is 0.508 e. The van der Waals surface area contributed by atoms with Gasteiger partial charge in [-0.1, -0.05) is 37.4 Å². The van der Waals surface area contributed by atoms with Crippen LogP contribution in [0.3, 0.4) is 0 Å². The number of phenols is 1. The molecule has 0 amide bonds. The standard InChI is InChI=1S/C29H34O10/c1-13-4-9-18-14(2)28(35)39-26(18)23-15(3)20(11-19(13)23)36-29-25(34)24(33)27(21(12-30)37-29)38-22(32)10-16-5-7-17(31)8-6-16/h5-8,18-21,23-27,29-31,33-34H,1-4,9-12H2. The van der Waals surface area contributed by atoms with Crippen molar-refractivity contribution < 1.29 is 49.0 Å². The highest BCUT2D eigenvalue weighted by Gasteiger charge is 2.55. The zero-order chi connectivity index (χ0) is 28.0. The van der Waals surface area contributed by atoms with Gasteiger partial charge in [0.1, 0.15) is 30.2 Å². The molecule has 4 aliphatic rings. The van der Waals surface area contributed by atoms with E-state index in [1.807, 2.05) is 0 Å². The number of benzene rings is 1. The third-order valence-electron chi connectivity index (χ3n) is 8.42. The van der Waals surface area contributed by atoms with Gasteiger partial charge < -0.3 is 39.4 Å². The maximum atomic E-state index is 12.5. The smallest absolute Gasteiger partial charge is 0.334 e. The van der Waals surface area contributed by atoms with Gasteiger partial charge in [-0.05, 0) is 48.4 Å². The topological polar surface area (TPSA) is 152 Å². The van der Waals surface area contributed by atoms with E-state index in [0.29, 0.717) is 29.6 Å². The quantitative estimate of drug-likeness (QED) is 0.235. The van der Waals surface area contributed by atoms with E-state index in [4.69, 9.17) is 18.9 Å². The van der Waals surface area contributed by atoms with Gasteiger partial charge in [-0.25, -0.2) is 4.79 Å². The molecule has 2 saturated heterocycles. The summed E-state index contributed by atoms with van der Waals surface area (Å²) in [6, 6.07) is 5.97. The van der Waals surface area contributed by atoms with Crippen LogP contribution in [0.15, 0.2) is 60.7 Å². The minimum atomic E-state index is -1.59. The van der Waals surface area contributed by atoms with E-state index in [9.17, 15) is 30.0 Å². The number of esters is 2. The lowest BCUT2D eigenvalue weighted by molar-refractivity contribution is -0.310. The molecule has 210 valence electrons. The number of aliphatic hydroxyl groups excluding tert-OH is 3. The van der Waals surface area contributed by atoms with Gasteiger partial charge in [-0.3, -0.25) is 4.79 Å². The number of hydrogen-bond donors (Lipinski definition) is 4. The van der Waals surface area contributed by atoms with Crippen LogP contribution >= 0.6 is 0 Å². The lowest BCUT2D eigenvalue weighted by Gasteiger charge is -2.42. The number of rotatable bonds is 6. The average molecular weight is 543 g/mol. The summed E-state index contributed by atoms with van der Waals surface area (Å²) in [5.41, 5.74) is 2.71. The Morgan fingerprint density at radius 3 is 2.49 bits per heavy atom. The Morgan fingerprint density at radius 1 is 1.08 bits per heavy atom. The molecule has 10 atom stereocenters. The molecule has 0 aromatic heterocycles. The minimum Gasteiger partial charge on any atom is -0.508 e. The first-order valence-corrected chi connectivity index (χ1v) is 13.1. The molecule has 0 radical (unpaired) electrons. The van der Waals surface area contributed by atoms with Crippen LogP contribution in [0.1, 0.15) is 24.8 Å². The first kappa shape index (κ1) is 27.5. The van der Waals surface area contributed by atoms with Gasteiger partial charge in [0.25, 0.3) is 0 Å². The summed E-state index contributed by atoms with van der Waals surface area (Å²) < 4.78 is 23.0. The molecule has 4 N–H and O–H groups in total. The molecule has 0 bridgehead atoms. The molecule has 10 heteroatoms. The highest BCUT2D eigenvalue weighted by molar-refractivity contribution is 5.91. The number of aliphatic hydroxyl groups is 3. The Labute approximate surface area is 226 Å². The fourth-order valence-electron chi connectivity index (χ4n) is 6.27. The van der Waals surface area contributed by atoms with Crippen molar-refractivity contribution >= 4 is 11.9 Å². The van der Waals surface area contributed by atoms with Crippen LogP contribution < -0.4 is 0 Å². The Balaban J connectivity index is 1.26. The van der Waals surface area contributed by atoms with Crippen molar-refractivity contribution in [3.63, 3.8) is 0 Å². The normalized spacial score (nSPS) is 38.1. The van der Waals surface area contributed by atoms with E-state index < -0.39 is 61.5 Å². The van der Waals surface area contributed by atoms with Crippen molar-refractivity contribution in [2.45, 2.75) is 68.6 Å². The zero-order valence-electron chi connectivity index (χ0n) is 21.5. The van der Waals surface area contributed by atoms with Crippen LogP contribution in [0.5, 0.6) is 5.75 Å². The summed E-state index contributed by atoms with van der Waals surface area (Å²) in [6.07, 6.45) is -6.25. The van der Waals surface area contributed by atoms with Gasteiger partial charge in [0.15, 0.2) is 12.4 Å². The molecule has 2 aliphatic carbocycles. The molecule has 0 spiro atoms. The number of aromatic hydroxyl groups is 1. The first-order chi connectivity index (χ1) is 18.6. The van der Waals surface area contributed by atoms with Crippen molar-refractivity contribution in [1.82, 2.24) is 0 Å². The third-order valence-corrected chi connectivity index (χ3v) is 8.42. The molecule has 2 saturated carbocycles. The molecule has 10 unspecified atom stereocenters. The van der Waals surface area contributed by atoms with Gasteiger partial charge in [0.05, 0.1) is 19.1 Å². The average Bonchev–Trinajstić information content (AvgIpc) is 3.33. The first-order valence-electron chi connectivity index (χ1n) is 13.1. The Kier molecular flexibility index (Phi) is 7.67. The molecule has 1 aromatic carbocycles. The van der Waals surface area contributed by atoms with Crippen molar-refractivity contribution in [3.05, 3.63) is 66.3 Å². The summed E-state index contributed by atoms with van der Waals surface area (Å²) in [5, 5.41) is 41.0. The van der Waals surface area contributed by atoms with Crippen LogP contribution in [0.2, 0.25) is 0 Å². The highest BCUT2D eigenvalue weighted by Crippen LogP contribution is 2.53. The van der Waals surface area contributed by atoms with Gasteiger partial charge in [0, 0.05) is 17.4 Å². The Morgan fingerprint density at radius 2 is 1.79 bits per heavy atom. The Bertz CT molecular complexity index is 1160. The number of allylic oxidation sites excluding steroid dienone is 1. The van der Waals surface area contributed by atoms with E-state index in [1.165, 1.54) is 12.1 Å². The maximum absolute atomic E-state index is 12.5. The van der Waals surface area contributed by atoms with Gasteiger partial charge in [-0.15, -0.1) is 0 Å². The molecule has 1 aromatic rings. The Hall–Kier alpha value is -3.02. The van der Waals surface area contributed by atoms with Crippen molar-refractivity contribution in [1.29, 1.82) is 0 Å². The van der Waals surface area contributed by atoms with E-state index in [-0.39, 0.29) is 29.9 Å². The molecule has 2 aliphatic heterocycles. The molecule has 2 heterocycles. The summed E-state index contributed by atoms with van der Waals surface area (Å²) >= 11 is 0. The van der Waals surface area contributed by atoms with Crippen LogP contribution in [0, 0.1) is 17.8 Å². The molecule has 39 heavy (non-hydrogen) atoms. The molecular weight excluding hydrogens is 508 g/mol. The summed E-state index contributed by atoms with van der Waals surface area (Å²) in [6.45, 7) is 11.8. The number of carbonyl (C=O) groups excluding carboxylic acids is 2. The van der Waals surface area contributed by atoms with Gasteiger partial charge >= 0.3 is 11.9 Å². The number of hydrogen-bond acceptors (Lipinski definition) is 10. The van der Waals surface area contributed by atoms with Gasteiger partial charge in [0.2, 0.25) is 0 Å². The lowest BCUT2D eigenvalue weighted by atomic mass is 9.82. The second-order valence-electron chi connectivity index (χ2n) is 10.8. The predicted octanol–water partition coefficient (Wildman–Crippen LogP) is 1.31. The summed E-state index contributed by atoms with van der Waals surface area (Å²) in [7, 11) is 0. The second-order valence-corrected chi connectivity index (χ2v) is 10.8. The number of phenolic OH excluding ortho intramolecular Hbond substituents is 1. The van der Waals surface area contributed by atoms with Gasteiger partial charge in [-0.2, -0.15) is 0 Å². The zero-order valence-corrected chi connectivity index (χ0v) is 21.5.